The lowest BCUT2D eigenvalue weighted by molar-refractivity contribution is 0.318. The summed E-state index contributed by atoms with van der Waals surface area (Å²) in [5.74, 6) is 0.832. The first kappa shape index (κ1) is 14.1. The number of rotatable bonds is 6. The first-order valence-electron chi connectivity index (χ1n) is 6.81. The zero-order chi connectivity index (χ0) is 14.2. The molecule has 0 radical (unpaired) electrons. The van der Waals surface area contributed by atoms with Crippen molar-refractivity contribution in [2.75, 3.05) is 6.61 Å². The Bertz CT molecular complexity index is 547. The van der Waals surface area contributed by atoms with Crippen molar-refractivity contribution in [3.63, 3.8) is 0 Å². The van der Waals surface area contributed by atoms with Crippen LogP contribution in [0.3, 0.4) is 0 Å². The van der Waals surface area contributed by atoms with Crippen LogP contribution in [0, 0.1) is 0 Å². The molecule has 0 aliphatic rings. The van der Waals surface area contributed by atoms with Gasteiger partial charge in [-0.05, 0) is 41.8 Å². The molecule has 1 N–H and O–H groups in total. The van der Waals surface area contributed by atoms with Gasteiger partial charge in [0.2, 0.25) is 0 Å². The molecular formula is C17H19NO2. The van der Waals surface area contributed by atoms with Crippen molar-refractivity contribution < 1.29 is 9.94 Å². The standard InChI is InChI=1S/C17H19NO2/c1-2-17(18-19)15-8-10-16(11-9-15)20-13-12-14-6-4-3-5-7-14/h3-11,19H,2,12-13H2,1H3/b18-17+. The predicted octanol–water partition coefficient (Wildman–Crippen LogP) is 3.90. The SMILES string of the molecule is CC/C(=N\O)c1ccc(OCCc2ccccc2)cc1. The molecule has 20 heavy (non-hydrogen) atoms. The van der Waals surface area contributed by atoms with Gasteiger partial charge in [0.15, 0.2) is 0 Å². The van der Waals surface area contributed by atoms with Gasteiger partial charge in [-0.25, -0.2) is 0 Å². The summed E-state index contributed by atoms with van der Waals surface area (Å²) in [6, 6.07) is 17.9. The number of hydrogen-bond donors (Lipinski definition) is 1. The molecule has 2 aromatic rings. The first-order valence-corrected chi connectivity index (χ1v) is 6.81. The molecule has 0 aliphatic heterocycles. The van der Waals surface area contributed by atoms with E-state index in [-0.39, 0.29) is 0 Å². The molecule has 0 aromatic heterocycles. The number of nitrogens with zero attached hydrogens (tertiary/aromatic N) is 1. The molecule has 2 rings (SSSR count). The smallest absolute Gasteiger partial charge is 0.119 e. The molecule has 0 bridgehead atoms. The second-order valence-electron chi connectivity index (χ2n) is 4.51. The van der Waals surface area contributed by atoms with Crippen LogP contribution in [0.1, 0.15) is 24.5 Å². The van der Waals surface area contributed by atoms with Gasteiger partial charge in [0, 0.05) is 6.42 Å². The topological polar surface area (TPSA) is 41.8 Å². The lowest BCUT2D eigenvalue weighted by atomic mass is 10.1. The van der Waals surface area contributed by atoms with E-state index in [1.165, 1.54) is 5.56 Å². The lowest BCUT2D eigenvalue weighted by Crippen LogP contribution is -2.02. The molecule has 0 heterocycles. The monoisotopic (exact) mass is 269 g/mol. The summed E-state index contributed by atoms with van der Waals surface area (Å²) in [7, 11) is 0. The Morgan fingerprint density at radius 3 is 2.35 bits per heavy atom. The molecule has 0 spiro atoms. The molecule has 0 fully saturated rings. The fourth-order valence-electron chi connectivity index (χ4n) is 2.01. The summed E-state index contributed by atoms with van der Waals surface area (Å²) in [5.41, 5.74) is 2.87. The lowest BCUT2D eigenvalue weighted by Gasteiger charge is -2.07. The summed E-state index contributed by atoms with van der Waals surface area (Å²) in [5, 5.41) is 12.2. The molecule has 0 atom stereocenters. The van der Waals surface area contributed by atoms with Crippen LogP contribution in [0.5, 0.6) is 5.75 Å². The summed E-state index contributed by atoms with van der Waals surface area (Å²) >= 11 is 0. The maximum Gasteiger partial charge on any atom is 0.119 e. The highest BCUT2D eigenvalue weighted by molar-refractivity contribution is 6.00. The van der Waals surface area contributed by atoms with E-state index in [1.54, 1.807) is 0 Å². The van der Waals surface area contributed by atoms with E-state index in [0.29, 0.717) is 18.7 Å². The average Bonchev–Trinajstić information content (AvgIpc) is 2.51. The zero-order valence-corrected chi connectivity index (χ0v) is 11.6. The summed E-state index contributed by atoms with van der Waals surface area (Å²) < 4.78 is 5.71. The van der Waals surface area contributed by atoms with E-state index in [1.807, 2.05) is 49.4 Å². The quantitative estimate of drug-likeness (QED) is 0.491. The van der Waals surface area contributed by atoms with Crippen LogP contribution in [0.4, 0.5) is 0 Å². The van der Waals surface area contributed by atoms with Crippen molar-refractivity contribution in [2.24, 2.45) is 5.16 Å². The minimum absolute atomic E-state index is 0.651. The Hall–Kier alpha value is -2.29. The second-order valence-corrected chi connectivity index (χ2v) is 4.51. The van der Waals surface area contributed by atoms with Gasteiger partial charge in [0.05, 0.1) is 12.3 Å². The van der Waals surface area contributed by atoms with E-state index in [4.69, 9.17) is 9.94 Å². The van der Waals surface area contributed by atoms with Crippen molar-refractivity contribution >= 4 is 5.71 Å². The van der Waals surface area contributed by atoms with Gasteiger partial charge >= 0.3 is 0 Å². The van der Waals surface area contributed by atoms with Crippen LogP contribution in [-0.2, 0) is 6.42 Å². The largest absolute Gasteiger partial charge is 0.493 e. The van der Waals surface area contributed by atoms with Crippen LogP contribution in [-0.4, -0.2) is 17.5 Å². The summed E-state index contributed by atoms with van der Waals surface area (Å²) in [6.07, 6.45) is 1.59. The molecule has 0 amide bonds. The number of hydrogen-bond acceptors (Lipinski definition) is 3. The minimum Gasteiger partial charge on any atom is -0.493 e. The van der Waals surface area contributed by atoms with E-state index < -0.39 is 0 Å². The highest BCUT2D eigenvalue weighted by atomic mass is 16.5. The van der Waals surface area contributed by atoms with Crippen LogP contribution in [0.25, 0.3) is 0 Å². The molecule has 0 aliphatic carbocycles. The molecule has 3 heteroatoms. The fraction of sp³-hybridized carbons (Fsp3) is 0.235. The van der Waals surface area contributed by atoms with Gasteiger partial charge in [-0.1, -0.05) is 42.4 Å². The fourth-order valence-corrected chi connectivity index (χ4v) is 2.01. The molecular weight excluding hydrogens is 250 g/mol. The third-order valence-electron chi connectivity index (χ3n) is 3.15. The van der Waals surface area contributed by atoms with E-state index >= 15 is 0 Å². The van der Waals surface area contributed by atoms with Crippen LogP contribution >= 0.6 is 0 Å². The number of ether oxygens (including phenoxy) is 1. The number of oxime groups is 1. The van der Waals surface area contributed by atoms with E-state index in [9.17, 15) is 0 Å². The van der Waals surface area contributed by atoms with Crippen molar-refractivity contribution in [1.82, 2.24) is 0 Å². The van der Waals surface area contributed by atoms with Crippen LogP contribution in [0.15, 0.2) is 59.8 Å². The Morgan fingerprint density at radius 1 is 1.05 bits per heavy atom. The van der Waals surface area contributed by atoms with Crippen molar-refractivity contribution in [3.8, 4) is 5.75 Å². The highest BCUT2D eigenvalue weighted by Gasteiger charge is 2.02. The maximum absolute atomic E-state index is 8.87. The molecule has 0 unspecified atom stereocenters. The highest BCUT2D eigenvalue weighted by Crippen LogP contribution is 2.14. The van der Waals surface area contributed by atoms with E-state index in [2.05, 4.69) is 17.3 Å². The summed E-state index contributed by atoms with van der Waals surface area (Å²) in [6.45, 7) is 2.61. The maximum atomic E-state index is 8.87. The molecule has 104 valence electrons. The molecule has 3 nitrogen and oxygen atoms in total. The van der Waals surface area contributed by atoms with Crippen molar-refractivity contribution in [2.45, 2.75) is 19.8 Å². The first-order chi connectivity index (χ1) is 9.83. The molecule has 2 aromatic carbocycles. The Balaban J connectivity index is 1.88. The van der Waals surface area contributed by atoms with Gasteiger partial charge in [-0.3, -0.25) is 0 Å². The van der Waals surface area contributed by atoms with Gasteiger partial charge in [0.25, 0.3) is 0 Å². The predicted molar refractivity (Wildman–Crippen MR) is 80.7 cm³/mol. The van der Waals surface area contributed by atoms with Gasteiger partial charge < -0.3 is 9.94 Å². The average molecular weight is 269 g/mol. The normalized spacial score (nSPS) is 11.3. The second kappa shape index (κ2) is 7.34. The van der Waals surface area contributed by atoms with Crippen molar-refractivity contribution in [3.05, 3.63) is 65.7 Å². The van der Waals surface area contributed by atoms with E-state index in [0.717, 1.165) is 17.7 Å². The van der Waals surface area contributed by atoms with Gasteiger partial charge in [0.1, 0.15) is 5.75 Å². The van der Waals surface area contributed by atoms with Crippen LogP contribution < -0.4 is 4.74 Å². The van der Waals surface area contributed by atoms with Gasteiger partial charge in [-0.2, -0.15) is 0 Å². The Morgan fingerprint density at radius 2 is 1.75 bits per heavy atom. The Kier molecular flexibility index (Phi) is 5.18. The van der Waals surface area contributed by atoms with Crippen molar-refractivity contribution in [1.29, 1.82) is 0 Å². The Labute approximate surface area is 119 Å². The zero-order valence-electron chi connectivity index (χ0n) is 11.6. The third-order valence-corrected chi connectivity index (χ3v) is 3.15. The summed E-state index contributed by atoms with van der Waals surface area (Å²) in [4.78, 5) is 0. The molecule has 0 saturated heterocycles. The minimum atomic E-state index is 0.651. The number of benzene rings is 2. The van der Waals surface area contributed by atoms with Gasteiger partial charge in [-0.15, -0.1) is 0 Å². The van der Waals surface area contributed by atoms with Crippen LogP contribution in [0.2, 0.25) is 0 Å². The molecule has 0 saturated carbocycles. The third kappa shape index (κ3) is 3.85.